The molecule has 0 saturated carbocycles. The van der Waals surface area contributed by atoms with E-state index in [0.717, 1.165) is 0 Å². The number of esters is 1. The van der Waals surface area contributed by atoms with Crippen LogP contribution >= 0.6 is 23.2 Å². The highest BCUT2D eigenvalue weighted by atomic mass is 35.5. The zero-order valence-electron chi connectivity index (χ0n) is 8.54. The number of ether oxygens (including phenoxy) is 1. The van der Waals surface area contributed by atoms with Gasteiger partial charge in [-0.3, -0.25) is 0 Å². The van der Waals surface area contributed by atoms with E-state index in [4.69, 9.17) is 23.2 Å². The summed E-state index contributed by atoms with van der Waals surface area (Å²) in [5, 5.41) is 10.4. The highest BCUT2D eigenvalue weighted by Gasteiger charge is 2.21. The van der Waals surface area contributed by atoms with E-state index in [2.05, 4.69) is 11.3 Å². The van der Waals surface area contributed by atoms with E-state index < -0.39 is 12.1 Å². The number of halogens is 2. The smallest absolute Gasteiger partial charge is 0.336 e. The molecule has 0 heterocycles. The molecule has 0 aliphatic rings. The predicted molar refractivity (Wildman–Crippen MR) is 62.6 cm³/mol. The van der Waals surface area contributed by atoms with Crippen LogP contribution in [0.1, 0.15) is 11.7 Å². The molecule has 3 nitrogen and oxygen atoms in total. The van der Waals surface area contributed by atoms with Crippen molar-refractivity contribution < 1.29 is 14.6 Å². The van der Waals surface area contributed by atoms with Gasteiger partial charge >= 0.3 is 5.97 Å². The van der Waals surface area contributed by atoms with Crippen molar-refractivity contribution >= 4 is 29.2 Å². The Morgan fingerprint density at radius 2 is 2.12 bits per heavy atom. The molecular formula is C11H10Cl2O3. The molecule has 0 fully saturated rings. The number of carbonyl (C=O) groups excluding carboxylic acids is 1. The molecule has 0 aliphatic heterocycles. The van der Waals surface area contributed by atoms with E-state index in [-0.39, 0.29) is 10.6 Å². The minimum Gasteiger partial charge on any atom is -0.466 e. The fourth-order valence-corrected chi connectivity index (χ4v) is 1.57. The van der Waals surface area contributed by atoms with Gasteiger partial charge in [0, 0.05) is 5.56 Å². The third kappa shape index (κ3) is 2.55. The van der Waals surface area contributed by atoms with Crippen molar-refractivity contribution in [3.05, 3.63) is 46.0 Å². The van der Waals surface area contributed by atoms with Crippen LogP contribution in [0.5, 0.6) is 0 Å². The average Bonchev–Trinajstić information content (AvgIpc) is 2.29. The lowest BCUT2D eigenvalue weighted by molar-refractivity contribution is -0.137. The molecule has 0 spiro atoms. The first-order chi connectivity index (χ1) is 7.49. The fourth-order valence-electron chi connectivity index (χ4n) is 1.16. The summed E-state index contributed by atoms with van der Waals surface area (Å²) in [6, 6.07) is 4.77. The van der Waals surface area contributed by atoms with E-state index in [1.54, 1.807) is 18.2 Å². The Labute approximate surface area is 103 Å². The van der Waals surface area contributed by atoms with Crippen molar-refractivity contribution in [1.29, 1.82) is 0 Å². The second kappa shape index (κ2) is 5.34. The van der Waals surface area contributed by atoms with E-state index >= 15 is 0 Å². The maximum atomic E-state index is 11.2. The molecule has 86 valence electrons. The van der Waals surface area contributed by atoms with E-state index in [0.29, 0.717) is 10.6 Å². The number of rotatable bonds is 3. The van der Waals surface area contributed by atoms with Gasteiger partial charge in [-0.25, -0.2) is 4.79 Å². The first-order valence-electron chi connectivity index (χ1n) is 4.38. The van der Waals surface area contributed by atoms with Crippen molar-refractivity contribution in [1.82, 2.24) is 0 Å². The topological polar surface area (TPSA) is 46.5 Å². The predicted octanol–water partition coefficient (Wildman–Crippen LogP) is 2.76. The normalized spacial score (nSPS) is 12.0. The monoisotopic (exact) mass is 260 g/mol. The molecule has 1 aromatic rings. The molecule has 0 saturated heterocycles. The van der Waals surface area contributed by atoms with Crippen LogP contribution in [0.3, 0.4) is 0 Å². The lowest BCUT2D eigenvalue weighted by Crippen LogP contribution is -2.12. The number of hydrogen-bond acceptors (Lipinski definition) is 3. The Balaban J connectivity index is 3.05. The van der Waals surface area contributed by atoms with Gasteiger partial charge in [0.1, 0.15) is 6.10 Å². The Hall–Kier alpha value is -1.03. The third-order valence-electron chi connectivity index (χ3n) is 2.05. The van der Waals surface area contributed by atoms with Gasteiger partial charge in [0.25, 0.3) is 0 Å². The molecule has 0 amide bonds. The number of methoxy groups -OCH3 is 1. The van der Waals surface area contributed by atoms with Crippen LogP contribution in [0.15, 0.2) is 30.4 Å². The van der Waals surface area contributed by atoms with Gasteiger partial charge in [-0.1, -0.05) is 41.9 Å². The summed E-state index contributed by atoms with van der Waals surface area (Å²) in [5.41, 5.74) is 0.233. The summed E-state index contributed by atoms with van der Waals surface area (Å²) in [6.07, 6.45) is -1.22. The minimum absolute atomic E-state index is 0.0910. The standard InChI is InChI=1S/C11H10Cl2O3/c1-6(11(15)16-2)10(14)7-4-3-5-8(12)9(7)13/h3-5,10,14H,1H2,2H3/t10-/m0/s1. The van der Waals surface area contributed by atoms with Crippen molar-refractivity contribution in [2.45, 2.75) is 6.10 Å². The van der Waals surface area contributed by atoms with Crippen LogP contribution in [0, 0.1) is 0 Å². The summed E-state index contributed by atoms with van der Waals surface area (Å²) < 4.78 is 4.45. The molecule has 0 aromatic heterocycles. The summed E-state index contributed by atoms with van der Waals surface area (Å²) in [7, 11) is 1.21. The fraction of sp³-hybridized carbons (Fsp3) is 0.182. The average molecular weight is 261 g/mol. The van der Waals surface area contributed by atoms with Crippen LogP contribution in [0.4, 0.5) is 0 Å². The van der Waals surface area contributed by atoms with Gasteiger partial charge in [0.05, 0.1) is 22.7 Å². The van der Waals surface area contributed by atoms with Crippen LogP contribution in [0.25, 0.3) is 0 Å². The Kier molecular flexibility index (Phi) is 4.35. The molecular weight excluding hydrogens is 251 g/mol. The van der Waals surface area contributed by atoms with Gasteiger partial charge < -0.3 is 9.84 Å². The van der Waals surface area contributed by atoms with Crippen LogP contribution in [-0.2, 0) is 9.53 Å². The van der Waals surface area contributed by atoms with Gasteiger partial charge in [0.2, 0.25) is 0 Å². The van der Waals surface area contributed by atoms with Crippen LogP contribution in [0.2, 0.25) is 10.0 Å². The summed E-state index contributed by atoms with van der Waals surface area (Å²) >= 11 is 11.7. The van der Waals surface area contributed by atoms with Gasteiger partial charge in [-0.15, -0.1) is 0 Å². The first-order valence-corrected chi connectivity index (χ1v) is 5.13. The molecule has 0 unspecified atom stereocenters. The molecule has 0 bridgehead atoms. The molecule has 5 heteroatoms. The molecule has 16 heavy (non-hydrogen) atoms. The SMILES string of the molecule is C=C(C(=O)OC)[C@H](O)c1cccc(Cl)c1Cl. The van der Waals surface area contributed by atoms with Crippen molar-refractivity contribution in [3.63, 3.8) is 0 Å². The molecule has 1 rings (SSSR count). The zero-order valence-corrected chi connectivity index (χ0v) is 10.0. The molecule has 0 radical (unpaired) electrons. The summed E-state index contributed by atoms with van der Waals surface area (Å²) in [5.74, 6) is -0.691. The number of carbonyl (C=O) groups is 1. The van der Waals surface area contributed by atoms with E-state index in [1.807, 2.05) is 0 Å². The summed E-state index contributed by atoms with van der Waals surface area (Å²) in [4.78, 5) is 11.2. The number of aliphatic hydroxyl groups is 1. The molecule has 1 atom stereocenters. The lowest BCUT2D eigenvalue weighted by atomic mass is 10.0. The van der Waals surface area contributed by atoms with E-state index in [1.165, 1.54) is 7.11 Å². The maximum absolute atomic E-state index is 11.2. The van der Waals surface area contributed by atoms with E-state index in [9.17, 15) is 9.90 Å². The third-order valence-corrected chi connectivity index (χ3v) is 2.89. The zero-order chi connectivity index (χ0) is 12.3. The minimum atomic E-state index is -1.22. The molecule has 0 aliphatic carbocycles. The van der Waals surface area contributed by atoms with Crippen molar-refractivity contribution in [2.24, 2.45) is 0 Å². The van der Waals surface area contributed by atoms with Crippen LogP contribution < -0.4 is 0 Å². The van der Waals surface area contributed by atoms with Crippen molar-refractivity contribution in [3.8, 4) is 0 Å². The quantitative estimate of drug-likeness (QED) is 0.672. The highest BCUT2D eigenvalue weighted by Crippen LogP contribution is 2.32. The molecule has 1 aromatic carbocycles. The Bertz CT molecular complexity index is 429. The number of aliphatic hydroxyl groups excluding tert-OH is 1. The van der Waals surface area contributed by atoms with Gasteiger partial charge in [-0.05, 0) is 6.07 Å². The van der Waals surface area contributed by atoms with Crippen molar-refractivity contribution in [2.75, 3.05) is 7.11 Å². The second-order valence-corrected chi connectivity index (χ2v) is 3.85. The summed E-state index contributed by atoms with van der Waals surface area (Å²) in [6.45, 7) is 3.45. The van der Waals surface area contributed by atoms with Crippen LogP contribution in [-0.4, -0.2) is 18.2 Å². The highest BCUT2D eigenvalue weighted by molar-refractivity contribution is 6.42. The largest absolute Gasteiger partial charge is 0.466 e. The van der Waals surface area contributed by atoms with Gasteiger partial charge in [-0.2, -0.15) is 0 Å². The second-order valence-electron chi connectivity index (χ2n) is 3.06. The Morgan fingerprint density at radius 1 is 1.50 bits per heavy atom. The van der Waals surface area contributed by atoms with Gasteiger partial charge in [0.15, 0.2) is 0 Å². The maximum Gasteiger partial charge on any atom is 0.336 e. The molecule has 1 N–H and O–H groups in total. The number of benzene rings is 1. The lowest BCUT2D eigenvalue weighted by Gasteiger charge is -2.14. The Morgan fingerprint density at radius 3 is 2.69 bits per heavy atom. The number of hydrogen-bond donors (Lipinski definition) is 1. The first kappa shape index (κ1) is 13.0.